The molecule has 17 heavy (non-hydrogen) atoms. The summed E-state index contributed by atoms with van der Waals surface area (Å²) in [6.07, 6.45) is 4.59. The maximum absolute atomic E-state index is 13.3. The Hall–Kier alpha value is -1.38. The number of halogens is 1. The third kappa shape index (κ3) is 3.55. The zero-order valence-corrected chi connectivity index (χ0v) is 9.92. The van der Waals surface area contributed by atoms with Gasteiger partial charge in [0.2, 0.25) is 5.91 Å². The van der Waals surface area contributed by atoms with Crippen LogP contribution in [-0.2, 0) is 11.2 Å². The molecule has 1 saturated carbocycles. The molecule has 3 heteroatoms. The van der Waals surface area contributed by atoms with Gasteiger partial charge in [-0.25, -0.2) is 4.39 Å². The minimum Gasteiger partial charge on any atom is -0.356 e. The Bertz CT molecular complexity index is 388. The fraction of sp³-hybridized carbons (Fsp3) is 0.500. The van der Waals surface area contributed by atoms with E-state index in [1.165, 1.54) is 25.3 Å². The van der Waals surface area contributed by atoms with E-state index in [0.29, 0.717) is 24.3 Å². The van der Waals surface area contributed by atoms with Crippen LogP contribution >= 0.6 is 0 Å². The standard InChI is InChI=1S/C14H18FNO/c15-13-7-2-1-6-12(13)8-9-14(17)16-10-11-4-3-5-11/h1-2,6-7,11H,3-5,8-10H2,(H,16,17). The highest BCUT2D eigenvalue weighted by Crippen LogP contribution is 2.25. The van der Waals surface area contributed by atoms with Gasteiger partial charge in [-0.05, 0) is 36.8 Å². The number of benzene rings is 1. The number of nitrogens with one attached hydrogen (secondary N) is 1. The number of hydrogen-bond acceptors (Lipinski definition) is 1. The van der Waals surface area contributed by atoms with Gasteiger partial charge in [0.25, 0.3) is 0 Å². The molecule has 0 bridgehead atoms. The van der Waals surface area contributed by atoms with Crippen LogP contribution in [0.1, 0.15) is 31.2 Å². The molecule has 1 N–H and O–H groups in total. The van der Waals surface area contributed by atoms with E-state index in [1.807, 2.05) is 0 Å². The lowest BCUT2D eigenvalue weighted by Crippen LogP contribution is -2.32. The van der Waals surface area contributed by atoms with E-state index >= 15 is 0 Å². The van der Waals surface area contributed by atoms with Crippen molar-refractivity contribution in [3.8, 4) is 0 Å². The molecule has 0 unspecified atom stereocenters. The lowest BCUT2D eigenvalue weighted by Gasteiger charge is -2.25. The first-order chi connectivity index (χ1) is 8.25. The molecule has 1 aromatic rings. The van der Waals surface area contributed by atoms with Gasteiger partial charge in [-0.3, -0.25) is 4.79 Å². The molecular formula is C14H18FNO. The molecule has 92 valence electrons. The lowest BCUT2D eigenvalue weighted by molar-refractivity contribution is -0.121. The van der Waals surface area contributed by atoms with E-state index in [0.717, 1.165) is 6.54 Å². The second-order valence-electron chi connectivity index (χ2n) is 4.69. The molecule has 2 rings (SSSR count). The summed E-state index contributed by atoms with van der Waals surface area (Å²) in [5.74, 6) is 0.479. The summed E-state index contributed by atoms with van der Waals surface area (Å²) >= 11 is 0. The fourth-order valence-electron chi connectivity index (χ4n) is 1.99. The average Bonchev–Trinajstić information content (AvgIpc) is 2.26. The van der Waals surface area contributed by atoms with Crippen LogP contribution in [0.4, 0.5) is 4.39 Å². The summed E-state index contributed by atoms with van der Waals surface area (Å²) in [4.78, 5) is 11.5. The summed E-state index contributed by atoms with van der Waals surface area (Å²) in [5, 5.41) is 2.91. The predicted molar refractivity (Wildman–Crippen MR) is 65.1 cm³/mol. The Morgan fingerprint density at radius 2 is 2.12 bits per heavy atom. The Kier molecular flexibility index (Phi) is 4.13. The van der Waals surface area contributed by atoms with Crippen LogP contribution in [0.15, 0.2) is 24.3 Å². The summed E-state index contributed by atoms with van der Waals surface area (Å²) in [6.45, 7) is 0.788. The smallest absolute Gasteiger partial charge is 0.220 e. The largest absolute Gasteiger partial charge is 0.356 e. The van der Waals surface area contributed by atoms with Gasteiger partial charge in [-0.2, -0.15) is 0 Å². The average molecular weight is 235 g/mol. The van der Waals surface area contributed by atoms with Crippen LogP contribution in [0.5, 0.6) is 0 Å². The topological polar surface area (TPSA) is 29.1 Å². The number of amides is 1. The first kappa shape index (κ1) is 12.1. The molecule has 2 nitrogen and oxygen atoms in total. The van der Waals surface area contributed by atoms with Crippen molar-refractivity contribution in [1.82, 2.24) is 5.32 Å². The molecular weight excluding hydrogens is 217 g/mol. The van der Waals surface area contributed by atoms with E-state index in [-0.39, 0.29) is 11.7 Å². The van der Waals surface area contributed by atoms with Crippen molar-refractivity contribution < 1.29 is 9.18 Å². The van der Waals surface area contributed by atoms with E-state index in [1.54, 1.807) is 18.2 Å². The van der Waals surface area contributed by atoms with E-state index in [4.69, 9.17) is 0 Å². The van der Waals surface area contributed by atoms with E-state index in [2.05, 4.69) is 5.32 Å². The fourth-order valence-corrected chi connectivity index (χ4v) is 1.99. The Morgan fingerprint density at radius 3 is 2.76 bits per heavy atom. The molecule has 1 aromatic carbocycles. The van der Waals surface area contributed by atoms with Crippen LogP contribution in [0, 0.1) is 11.7 Å². The summed E-state index contributed by atoms with van der Waals surface area (Å²) < 4.78 is 13.3. The van der Waals surface area contributed by atoms with Crippen LogP contribution in [-0.4, -0.2) is 12.5 Å². The molecule has 1 fully saturated rings. The second kappa shape index (κ2) is 5.80. The number of carbonyl (C=O) groups excluding carboxylic acids is 1. The molecule has 0 spiro atoms. The molecule has 0 radical (unpaired) electrons. The van der Waals surface area contributed by atoms with Crippen LogP contribution in [0.3, 0.4) is 0 Å². The number of carbonyl (C=O) groups is 1. The first-order valence-electron chi connectivity index (χ1n) is 6.26. The van der Waals surface area contributed by atoms with Gasteiger partial charge in [0.05, 0.1) is 0 Å². The second-order valence-corrected chi connectivity index (χ2v) is 4.69. The summed E-state index contributed by atoms with van der Waals surface area (Å²) in [5.41, 5.74) is 0.617. The number of rotatable bonds is 5. The molecule has 0 saturated heterocycles. The third-order valence-electron chi connectivity index (χ3n) is 3.39. The normalized spacial score (nSPS) is 15.4. The van der Waals surface area contributed by atoms with Gasteiger partial charge in [0, 0.05) is 13.0 Å². The molecule has 1 amide bonds. The lowest BCUT2D eigenvalue weighted by atomic mass is 9.85. The highest BCUT2D eigenvalue weighted by molar-refractivity contribution is 5.76. The maximum atomic E-state index is 13.3. The van der Waals surface area contributed by atoms with Gasteiger partial charge in [0.15, 0.2) is 0 Å². The highest BCUT2D eigenvalue weighted by atomic mass is 19.1. The molecule has 0 aromatic heterocycles. The summed E-state index contributed by atoms with van der Waals surface area (Å²) in [7, 11) is 0. The zero-order chi connectivity index (χ0) is 12.1. The zero-order valence-electron chi connectivity index (χ0n) is 9.92. The first-order valence-corrected chi connectivity index (χ1v) is 6.26. The summed E-state index contributed by atoms with van der Waals surface area (Å²) in [6, 6.07) is 6.62. The van der Waals surface area contributed by atoms with Crippen LogP contribution in [0.25, 0.3) is 0 Å². The van der Waals surface area contributed by atoms with Gasteiger partial charge < -0.3 is 5.32 Å². The van der Waals surface area contributed by atoms with Crippen molar-refractivity contribution in [3.63, 3.8) is 0 Å². The highest BCUT2D eigenvalue weighted by Gasteiger charge is 2.17. The third-order valence-corrected chi connectivity index (χ3v) is 3.39. The van der Waals surface area contributed by atoms with Crippen molar-refractivity contribution in [2.45, 2.75) is 32.1 Å². The number of hydrogen-bond donors (Lipinski definition) is 1. The molecule has 1 aliphatic carbocycles. The van der Waals surface area contributed by atoms with Crippen molar-refractivity contribution in [3.05, 3.63) is 35.6 Å². The molecule has 0 heterocycles. The maximum Gasteiger partial charge on any atom is 0.220 e. The number of aryl methyl sites for hydroxylation is 1. The van der Waals surface area contributed by atoms with Gasteiger partial charge >= 0.3 is 0 Å². The molecule has 1 aliphatic rings. The predicted octanol–water partition coefficient (Wildman–Crippen LogP) is 2.67. The monoisotopic (exact) mass is 235 g/mol. The minimum absolute atomic E-state index is 0.0279. The Balaban J connectivity index is 1.70. The van der Waals surface area contributed by atoms with E-state index in [9.17, 15) is 9.18 Å². The Labute approximate surface area is 101 Å². The van der Waals surface area contributed by atoms with Crippen LogP contribution < -0.4 is 5.32 Å². The Morgan fingerprint density at radius 1 is 1.35 bits per heavy atom. The van der Waals surface area contributed by atoms with E-state index < -0.39 is 0 Å². The van der Waals surface area contributed by atoms with Gasteiger partial charge in [-0.1, -0.05) is 24.6 Å². The van der Waals surface area contributed by atoms with Crippen LogP contribution in [0.2, 0.25) is 0 Å². The van der Waals surface area contributed by atoms with Crippen molar-refractivity contribution in [2.24, 2.45) is 5.92 Å². The minimum atomic E-state index is -0.223. The quantitative estimate of drug-likeness (QED) is 0.835. The van der Waals surface area contributed by atoms with Gasteiger partial charge in [0.1, 0.15) is 5.82 Å². The molecule has 0 aliphatic heterocycles. The van der Waals surface area contributed by atoms with Crippen molar-refractivity contribution in [2.75, 3.05) is 6.54 Å². The molecule has 0 atom stereocenters. The van der Waals surface area contributed by atoms with Crippen molar-refractivity contribution >= 4 is 5.91 Å². The SMILES string of the molecule is O=C(CCc1ccccc1F)NCC1CCC1. The van der Waals surface area contributed by atoms with Crippen molar-refractivity contribution in [1.29, 1.82) is 0 Å². The van der Waals surface area contributed by atoms with Gasteiger partial charge in [-0.15, -0.1) is 0 Å².